The van der Waals surface area contributed by atoms with Gasteiger partial charge in [0.05, 0.1) is 12.5 Å². The summed E-state index contributed by atoms with van der Waals surface area (Å²) < 4.78 is 11.8. The molecule has 27 heavy (non-hydrogen) atoms. The lowest BCUT2D eigenvalue weighted by Crippen LogP contribution is -2.57. The molecule has 0 spiro atoms. The summed E-state index contributed by atoms with van der Waals surface area (Å²) in [6.07, 6.45) is 1.70. The molecule has 0 amide bonds. The summed E-state index contributed by atoms with van der Waals surface area (Å²) in [7, 11) is 0. The summed E-state index contributed by atoms with van der Waals surface area (Å²) in [5.41, 5.74) is 2.33. The van der Waals surface area contributed by atoms with Crippen molar-refractivity contribution in [2.75, 3.05) is 26.3 Å². The van der Waals surface area contributed by atoms with Crippen LogP contribution in [0.15, 0.2) is 42.5 Å². The topological polar surface area (TPSA) is 59.0 Å². The Balaban J connectivity index is 1.29. The predicted molar refractivity (Wildman–Crippen MR) is 103 cm³/mol. The molecular weight excluding hydrogens is 366 g/mol. The monoisotopic (exact) mass is 387 g/mol. The maximum absolute atomic E-state index is 11.0. The van der Waals surface area contributed by atoms with Gasteiger partial charge in [-0.1, -0.05) is 29.8 Å². The lowest BCUT2D eigenvalue weighted by Gasteiger charge is -2.43. The third kappa shape index (κ3) is 4.20. The van der Waals surface area contributed by atoms with Gasteiger partial charge in [0.25, 0.3) is 0 Å². The molecule has 1 fully saturated rings. The number of carbonyl (C=O) groups is 1. The van der Waals surface area contributed by atoms with Crippen molar-refractivity contribution in [1.29, 1.82) is 0 Å². The smallest absolute Gasteiger partial charge is 0.309 e. The highest BCUT2D eigenvalue weighted by Gasteiger charge is 2.38. The first-order chi connectivity index (χ1) is 13.1. The Morgan fingerprint density at radius 3 is 2.74 bits per heavy atom. The van der Waals surface area contributed by atoms with Crippen molar-refractivity contribution >= 4 is 17.6 Å². The Kier molecular flexibility index (Phi) is 5.23. The molecule has 0 saturated carbocycles. The minimum absolute atomic E-state index is 0.234. The highest BCUT2D eigenvalue weighted by atomic mass is 35.5. The van der Waals surface area contributed by atoms with Gasteiger partial charge in [0.1, 0.15) is 18.1 Å². The molecule has 5 nitrogen and oxygen atoms in total. The van der Waals surface area contributed by atoms with Crippen LogP contribution in [-0.2, 0) is 17.6 Å². The molecule has 1 saturated heterocycles. The van der Waals surface area contributed by atoms with Gasteiger partial charge in [0, 0.05) is 36.6 Å². The van der Waals surface area contributed by atoms with Crippen LogP contribution in [0.5, 0.6) is 11.5 Å². The Bertz CT molecular complexity index is 817. The van der Waals surface area contributed by atoms with E-state index in [1.54, 1.807) is 0 Å². The molecule has 0 aliphatic carbocycles. The largest absolute Gasteiger partial charge is 0.493 e. The van der Waals surface area contributed by atoms with Crippen LogP contribution in [0.3, 0.4) is 0 Å². The Labute approximate surface area is 163 Å². The zero-order valence-corrected chi connectivity index (χ0v) is 15.7. The van der Waals surface area contributed by atoms with Gasteiger partial charge in [-0.3, -0.25) is 9.69 Å². The number of nitrogens with zero attached hydrogens (tertiary/aromatic N) is 1. The normalized spacial score (nSPS) is 19.7. The van der Waals surface area contributed by atoms with Crippen molar-refractivity contribution in [3.05, 3.63) is 58.6 Å². The number of likely N-dealkylation sites (tertiary alicyclic amines) is 1. The molecule has 142 valence electrons. The van der Waals surface area contributed by atoms with Gasteiger partial charge < -0.3 is 14.6 Å². The zero-order valence-electron chi connectivity index (χ0n) is 14.9. The van der Waals surface area contributed by atoms with Gasteiger partial charge in [0.2, 0.25) is 0 Å². The molecule has 6 heteroatoms. The number of aliphatic carboxylic acids is 1. The fourth-order valence-corrected chi connectivity index (χ4v) is 3.69. The molecule has 2 aliphatic rings. The summed E-state index contributed by atoms with van der Waals surface area (Å²) in [5, 5.41) is 9.75. The van der Waals surface area contributed by atoms with Gasteiger partial charge in [-0.15, -0.1) is 0 Å². The third-order valence-electron chi connectivity index (χ3n) is 5.27. The molecule has 0 bridgehead atoms. The van der Waals surface area contributed by atoms with Crippen molar-refractivity contribution < 1.29 is 19.4 Å². The lowest BCUT2D eigenvalue weighted by molar-refractivity contribution is -0.149. The maximum Gasteiger partial charge on any atom is 0.309 e. The van der Waals surface area contributed by atoms with E-state index in [1.807, 2.05) is 42.5 Å². The number of hydrogen-bond acceptors (Lipinski definition) is 4. The molecule has 0 radical (unpaired) electrons. The van der Waals surface area contributed by atoms with E-state index in [1.165, 1.54) is 5.56 Å². The molecular formula is C21H22ClNO4. The lowest BCUT2D eigenvalue weighted by atomic mass is 9.93. The number of carboxylic acid groups (broad SMARTS) is 1. The number of hydrogen-bond donors (Lipinski definition) is 1. The van der Waals surface area contributed by atoms with Gasteiger partial charge in [-0.05, 0) is 35.7 Å². The second-order valence-electron chi connectivity index (χ2n) is 7.15. The first-order valence-corrected chi connectivity index (χ1v) is 9.56. The van der Waals surface area contributed by atoms with Crippen LogP contribution in [0.2, 0.25) is 5.02 Å². The average molecular weight is 388 g/mol. The van der Waals surface area contributed by atoms with Crippen LogP contribution < -0.4 is 9.47 Å². The summed E-state index contributed by atoms with van der Waals surface area (Å²) in [4.78, 5) is 13.2. The van der Waals surface area contributed by atoms with E-state index in [2.05, 4.69) is 4.90 Å². The Morgan fingerprint density at radius 2 is 2.00 bits per heavy atom. The van der Waals surface area contributed by atoms with Crippen molar-refractivity contribution in [1.82, 2.24) is 4.90 Å². The quantitative estimate of drug-likeness (QED) is 0.824. The van der Waals surface area contributed by atoms with E-state index >= 15 is 0 Å². The molecule has 0 aromatic heterocycles. The molecule has 4 rings (SSSR count). The van der Waals surface area contributed by atoms with Gasteiger partial charge in [-0.25, -0.2) is 0 Å². The van der Waals surface area contributed by atoms with Crippen LogP contribution in [0, 0.1) is 5.92 Å². The Hall–Kier alpha value is -2.24. The molecule has 2 aromatic rings. The number of ether oxygens (including phenoxy) is 2. The number of rotatable bonds is 6. The average Bonchev–Trinajstić information content (AvgIpc) is 2.62. The fraction of sp³-hybridized carbons (Fsp3) is 0.381. The fourth-order valence-electron chi connectivity index (χ4n) is 3.57. The van der Waals surface area contributed by atoms with Crippen LogP contribution in [0.25, 0.3) is 0 Å². The first-order valence-electron chi connectivity index (χ1n) is 9.18. The van der Waals surface area contributed by atoms with Crippen LogP contribution >= 0.6 is 11.6 Å². The summed E-state index contributed by atoms with van der Waals surface area (Å²) >= 11 is 5.90. The maximum atomic E-state index is 11.0. The number of benzene rings is 2. The standard InChI is InChI=1S/C21H22ClNO4/c22-17-4-1-14(2-5-17)7-8-26-19-6-3-15-9-18(13-27-20(15)10-19)23-11-16(12-23)21(24)25/h1-6,10,16,18H,7-9,11-13H2,(H,24,25). The van der Waals surface area contributed by atoms with Crippen LogP contribution in [0.4, 0.5) is 0 Å². The van der Waals surface area contributed by atoms with Crippen LogP contribution in [-0.4, -0.2) is 48.3 Å². The molecule has 2 aromatic carbocycles. The van der Waals surface area contributed by atoms with Crippen LogP contribution in [0.1, 0.15) is 11.1 Å². The molecule has 2 aliphatic heterocycles. The van der Waals surface area contributed by atoms with E-state index in [-0.39, 0.29) is 12.0 Å². The second-order valence-corrected chi connectivity index (χ2v) is 7.59. The van der Waals surface area contributed by atoms with Gasteiger partial charge in [0.15, 0.2) is 0 Å². The van der Waals surface area contributed by atoms with Crippen molar-refractivity contribution in [2.24, 2.45) is 5.92 Å². The number of halogens is 1. The van der Waals surface area contributed by atoms with Crippen molar-refractivity contribution in [3.8, 4) is 11.5 Å². The summed E-state index contributed by atoms with van der Waals surface area (Å²) in [5.74, 6) is 0.730. The van der Waals surface area contributed by atoms with E-state index < -0.39 is 5.97 Å². The van der Waals surface area contributed by atoms with Crippen molar-refractivity contribution in [3.63, 3.8) is 0 Å². The number of fused-ring (bicyclic) bond motifs is 1. The third-order valence-corrected chi connectivity index (χ3v) is 5.53. The van der Waals surface area contributed by atoms with Crippen molar-refractivity contribution in [2.45, 2.75) is 18.9 Å². The van der Waals surface area contributed by atoms with E-state index in [4.69, 9.17) is 26.2 Å². The molecule has 2 heterocycles. The van der Waals surface area contributed by atoms with E-state index in [0.29, 0.717) is 26.3 Å². The highest BCUT2D eigenvalue weighted by molar-refractivity contribution is 6.30. The second kappa shape index (κ2) is 7.79. The number of carboxylic acids is 1. The highest BCUT2D eigenvalue weighted by Crippen LogP contribution is 2.32. The summed E-state index contributed by atoms with van der Waals surface area (Å²) in [6, 6.07) is 14.0. The minimum Gasteiger partial charge on any atom is -0.493 e. The van der Waals surface area contributed by atoms with Gasteiger partial charge >= 0.3 is 5.97 Å². The summed E-state index contributed by atoms with van der Waals surface area (Å²) in [6.45, 7) is 2.41. The van der Waals surface area contributed by atoms with Gasteiger partial charge in [-0.2, -0.15) is 0 Å². The first kappa shape index (κ1) is 18.1. The van der Waals surface area contributed by atoms with E-state index in [9.17, 15) is 4.79 Å². The molecule has 1 atom stereocenters. The predicted octanol–water partition coefficient (Wildman–Crippen LogP) is 3.28. The zero-order chi connectivity index (χ0) is 18.8. The molecule has 1 N–H and O–H groups in total. The van der Waals surface area contributed by atoms with E-state index in [0.717, 1.165) is 34.9 Å². The molecule has 1 unspecified atom stereocenters. The SMILES string of the molecule is O=C(O)C1CN(C2COc3cc(OCCc4ccc(Cl)cc4)ccc3C2)C1. The minimum atomic E-state index is -0.705. The Morgan fingerprint density at radius 1 is 1.22 bits per heavy atom.